The number of hydrogen-bond acceptors (Lipinski definition) is 4. The number of ether oxygens (including phenoxy) is 1. The van der Waals surface area contributed by atoms with E-state index in [2.05, 4.69) is 5.43 Å². The van der Waals surface area contributed by atoms with Crippen molar-refractivity contribution in [2.75, 3.05) is 0 Å². The number of ketones is 1. The SMILES string of the molecule is CCCC(Oc1ccc(C(C)=O)cc1)C(=O)NN. The van der Waals surface area contributed by atoms with Gasteiger partial charge in [0.25, 0.3) is 5.91 Å². The zero-order chi connectivity index (χ0) is 13.5. The maximum atomic E-state index is 11.5. The summed E-state index contributed by atoms with van der Waals surface area (Å²) >= 11 is 0. The third-order valence-electron chi connectivity index (χ3n) is 2.52. The van der Waals surface area contributed by atoms with Gasteiger partial charge in [-0.15, -0.1) is 0 Å². The minimum atomic E-state index is -0.608. The number of benzene rings is 1. The fraction of sp³-hybridized carbons (Fsp3) is 0.385. The predicted molar refractivity (Wildman–Crippen MR) is 68.1 cm³/mol. The number of amides is 1. The first-order valence-corrected chi connectivity index (χ1v) is 5.86. The molecule has 3 N–H and O–H groups in total. The van der Waals surface area contributed by atoms with E-state index in [9.17, 15) is 9.59 Å². The molecule has 0 heterocycles. The average Bonchev–Trinajstić information content (AvgIpc) is 2.38. The van der Waals surface area contributed by atoms with Crippen LogP contribution >= 0.6 is 0 Å². The van der Waals surface area contributed by atoms with Gasteiger partial charge in [-0.3, -0.25) is 15.0 Å². The van der Waals surface area contributed by atoms with Crippen molar-refractivity contribution < 1.29 is 14.3 Å². The molecule has 5 heteroatoms. The van der Waals surface area contributed by atoms with Crippen molar-refractivity contribution in [3.8, 4) is 5.75 Å². The maximum absolute atomic E-state index is 11.5. The van der Waals surface area contributed by atoms with Crippen molar-refractivity contribution in [2.24, 2.45) is 5.84 Å². The smallest absolute Gasteiger partial charge is 0.274 e. The van der Waals surface area contributed by atoms with E-state index in [-0.39, 0.29) is 11.7 Å². The molecule has 0 bridgehead atoms. The van der Waals surface area contributed by atoms with Gasteiger partial charge in [0, 0.05) is 5.56 Å². The number of carbonyl (C=O) groups is 2. The van der Waals surface area contributed by atoms with Gasteiger partial charge in [0.1, 0.15) is 5.75 Å². The summed E-state index contributed by atoms with van der Waals surface area (Å²) in [6.07, 6.45) is 0.782. The molecule has 0 aliphatic carbocycles. The molecule has 98 valence electrons. The van der Waals surface area contributed by atoms with Crippen LogP contribution in [0.15, 0.2) is 24.3 Å². The molecular weight excluding hydrogens is 232 g/mol. The summed E-state index contributed by atoms with van der Waals surface area (Å²) in [7, 11) is 0. The van der Waals surface area contributed by atoms with Crippen LogP contribution in [0.3, 0.4) is 0 Å². The van der Waals surface area contributed by atoms with Gasteiger partial charge in [-0.1, -0.05) is 13.3 Å². The molecule has 0 saturated heterocycles. The number of nitrogens with one attached hydrogen (secondary N) is 1. The predicted octanol–water partition coefficient (Wildman–Crippen LogP) is 1.43. The van der Waals surface area contributed by atoms with E-state index in [1.165, 1.54) is 6.92 Å². The molecule has 1 rings (SSSR count). The zero-order valence-electron chi connectivity index (χ0n) is 10.6. The highest BCUT2D eigenvalue weighted by Gasteiger charge is 2.18. The average molecular weight is 250 g/mol. The van der Waals surface area contributed by atoms with Crippen molar-refractivity contribution in [1.29, 1.82) is 0 Å². The topological polar surface area (TPSA) is 81.4 Å². The molecule has 1 atom stereocenters. The van der Waals surface area contributed by atoms with E-state index < -0.39 is 6.10 Å². The number of rotatable bonds is 6. The Labute approximate surface area is 106 Å². The number of hydrogen-bond donors (Lipinski definition) is 2. The second-order valence-electron chi connectivity index (χ2n) is 3.98. The van der Waals surface area contributed by atoms with Crippen molar-refractivity contribution in [3.05, 3.63) is 29.8 Å². The van der Waals surface area contributed by atoms with E-state index in [0.29, 0.717) is 17.7 Å². The summed E-state index contributed by atoms with van der Waals surface area (Å²) in [6.45, 7) is 3.45. The second-order valence-corrected chi connectivity index (χ2v) is 3.98. The molecule has 0 spiro atoms. The molecule has 0 fully saturated rings. The Balaban J connectivity index is 2.74. The Morgan fingerprint density at radius 3 is 2.39 bits per heavy atom. The molecular formula is C13H18N2O3. The van der Waals surface area contributed by atoms with E-state index in [0.717, 1.165) is 6.42 Å². The second kappa shape index (κ2) is 6.76. The lowest BCUT2D eigenvalue weighted by Gasteiger charge is -2.16. The zero-order valence-corrected chi connectivity index (χ0v) is 10.6. The van der Waals surface area contributed by atoms with Gasteiger partial charge < -0.3 is 4.74 Å². The highest BCUT2D eigenvalue weighted by Crippen LogP contribution is 2.16. The number of carbonyl (C=O) groups excluding carboxylic acids is 2. The normalized spacial score (nSPS) is 11.7. The summed E-state index contributed by atoms with van der Waals surface area (Å²) in [5.41, 5.74) is 2.69. The van der Waals surface area contributed by atoms with Gasteiger partial charge in [0.2, 0.25) is 0 Å². The summed E-state index contributed by atoms with van der Waals surface area (Å²) in [4.78, 5) is 22.6. The van der Waals surface area contributed by atoms with Crippen LogP contribution < -0.4 is 16.0 Å². The van der Waals surface area contributed by atoms with Gasteiger partial charge in [-0.05, 0) is 37.6 Å². The van der Waals surface area contributed by atoms with Crippen LogP contribution in [0.25, 0.3) is 0 Å². The van der Waals surface area contributed by atoms with E-state index in [4.69, 9.17) is 10.6 Å². The van der Waals surface area contributed by atoms with Crippen molar-refractivity contribution in [2.45, 2.75) is 32.8 Å². The molecule has 5 nitrogen and oxygen atoms in total. The first-order valence-electron chi connectivity index (χ1n) is 5.86. The van der Waals surface area contributed by atoms with E-state index in [1.807, 2.05) is 6.92 Å². The van der Waals surface area contributed by atoms with E-state index >= 15 is 0 Å². The number of hydrazine groups is 1. The molecule has 0 saturated carbocycles. The number of Topliss-reactive ketones (excluding diaryl/α,β-unsaturated/α-hetero) is 1. The highest BCUT2D eigenvalue weighted by molar-refractivity contribution is 5.94. The van der Waals surface area contributed by atoms with Crippen LogP contribution in [0.5, 0.6) is 5.75 Å². The van der Waals surface area contributed by atoms with Crippen molar-refractivity contribution in [3.63, 3.8) is 0 Å². The van der Waals surface area contributed by atoms with Crippen LogP contribution in [0.4, 0.5) is 0 Å². The molecule has 1 amide bonds. The quantitative estimate of drug-likeness (QED) is 0.346. The fourth-order valence-electron chi connectivity index (χ4n) is 1.53. The standard InChI is InChI=1S/C13H18N2O3/c1-3-4-12(13(17)15-14)18-11-7-5-10(6-8-11)9(2)16/h5-8,12H,3-4,14H2,1-2H3,(H,15,17). The number of nitrogens with two attached hydrogens (primary N) is 1. The summed E-state index contributed by atoms with van der Waals surface area (Å²) in [5.74, 6) is 5.28. The summed E-state index contributed by atoms with van der Waals surface area (Å²) in [6, 6.07) is 6.68. The van der Waals surface area contributed by atoms with Crippen LogP contribution in [-0.4, -0.2) is 17.8 Å². The molecule has 0 aliphatic heterocycles. The van der Waals surface area contributed by atoms with Crippen LogP contribution in [-0.2, 0) is 4.79 Å². The fourth-order valence-corrected chi connectivity index (χ4v) is 1.53. The van der Waals surface area contributed by atoms with Gasteiger partial charge in [0.05, 0.1) is 0 Å². The van der Waals surface area contributed by atoms with Crippen LogP contribution in [0, 0.1) is 0 Å². The Kier molecular flexibility index (Phi) is 5.32. The lowest BCUT2D eigenvalue weighted by molar-refractivity contribution is -0.128. The molecule has 0 aliphatic rings. The molecule has 1 aromatic rings. The summed E-state index contributed by atoms with van der Waals surface area (Å²) in [5, 5.41) is 0. The Hall–Kier alpha value is -1.88. The third-order valence-corrected chi connectivity index (χ3v) is 2.52. The molecule has 0 radical (unpaired) electrons. The van der Waals surface area contributed by atoms with Gasteiger partial charge in [0.15, 0.2) is 11.9 Å². The first kappa shape index (κ1) is 14.2. The van der Waals surface area contributed by atoms with Crippen LogP contribution in [0.1, 0.15) is 37.0 Å². The highest BCUT2D eigenvalue weighted by atomic mass is 16.5. The minimum absolute atomic E-state index is 0.00800. The lowest BCUT2D eigenvalue weighted by atomic mass is 10.1. The molecule has 1 unspecified atom stereocenters. The van der Waals surface area contributed by atoms with Crippen molar-refractivity contribution in [1.82, 2.24) is 5.43 Å². The first-order chi connectivity index (χ1) is 8.58. The Bertz CT molecular complexity index is 415. The third kappa shape index (κ3) is 3.85. The summed E-state index contributed by atoms with van der Waals surface area (Å²) < 4.78 is 5.54. The van der Waals surface area contributed by atoms with Crippen molar-refractivity contribution >= 4 is 11.7 Å². The minimum Gasteiger partial charge on any atom is -0.481 e. The molecule has 0 aromatic heterocycles. The maximum Gasteiger partial charge on any atom is 0.274 e. The Morgan fingerprint density at radius 1 is 1.33 bits per heavy atom. The monoisotopic (exact) mass is 250 g/mol. The van der Waals surface area contributed by atoms with E-state index in [1.54, 1.807) is 24.3 Å². The molecule has 1 aromatic carbocycles. The Morgan fingerprint density at radius 2 is 1.94 bits per heavy atom. The van der Waals surface area contributed by atoms with Gasteiger partial charge >= 0.3 is 0 Å². The van der Waals surface area contributed by atoms with Crippen LogP contribution in [0.2, 0.25) is 0 Å². The van der Waals surface area contributed by atoms with Gasteiger partial charge in [-0.25, -0.2) is 5.84 Å². The van der Waals surface area contributed by atoms with Gasteiger partial charge in [-0.2, -0.15) is 0 Å². The lowest BCUT2D eigenvalue weighted by Crippen LogP contribution is -2.42. The molecule has 18 heavy (non-hydrogen) atoms. The largest absolute Gasteiger partial charge is 0.481 e.